The monoisotopic (exact) mass is 288 g/mol. The zero-order chi connectivity index (χ0) is 10.9. The summed E-state index contributed by atoms with van der Waals surface area (Å²) < 4.78 is 1.04. The fraction of sp³-hybridized carbons (Fsp3) is 0.545. The smallest absolute Gasteiger partial charge is 0.126 e. The first-order valence-corrected chi connectivity index (χ1v) is 6.45. The molecular formula is C11H14BrClN2. The minimum Gasteiger partial charge on any atom is -0.363 e. The van der Waals surface area contributed by atoms with Crippen LogP contribution >= 0.6 is 27.5 Å². The van der Waals surface area contributed by atoms with Crippen LogP contribution < -0.4 is 5.32 Å². The SMILES string of the molecule is Cc1nc(NC2(CCl)CCC2)ccc1Br. The molecule has 0 aromatic carbocycles. The van der Waals surface area contributed by atoms with Gasteiger partial charge in [0.2, 0.25) is 0 Å². The van der Waals surface area contributed by atoms with Gasteiger partial charge in [-0.05, 0) is 54.2 Å². The summed E-state index contributed by atoms with van der Waals surface area (Å²) in [7, 11) is 0. The topological polar surface area (TPSA) is 24.9 Å². The van der Waals surface area contributed by atoms with Crippen molar-refractivity contribution in [3.8, 4) is 0 Å². The molecule has 1 aliphatic carbocycles. The lowest BCUT2D eigenvalue weighted by Gasteiger charge is -2.41. The zero-order valence-corrected chi connectivity index (χ0v) is 11.0. The molecule has 1 heterocycles. The maximum Gasteiger partial charge on any atom is 0.126 e. The lowest BCUT2D eigenvalue weighted by atomic mass is 9.78. The Kier molecular flexibility index (Phi) is 3.21. The van der Waals surface area contributed by atoms with Crippen LogP contribution in [0.25, 0.3) is 0 Å². The number of aromatic nitrogens is 1. The summed E-state index contributed by atoms with van der Waals surface area (Å²) >= 11 is 9.42. The predicted octanol–water partition coefficient (Wildman–Crippen LogP) is 3.73. The van der Waals surface area contributed by atoms with Gasteiger partial charge in [0.05, 0.1) is 11.2 Å². The van der Waals surface area contributed by atoms with E-state index in [-0.39, 0.29) is 5.54 Å². The zero-order valence-electron chi connectivity index (χ0n) is 8.69. The maximum absolute atomic E-state index is 5.98. The van der Waals surface area contributed by atoms with Gasteiger partial charge >= 0.3 is 0 Å². The lowest BCUT2D eigenvalue weighted by molar-refractivity contribution is 0.310. The number of hydrogen-bond donors (Lipinski definition) is 1. The van der Waals surface area contributed by atoms with Crippen LogP contribution in [0.3, 0.4) is 0 Å². The van der Waals surface area contributed by atoms with Crippen LogP contribution in [0.4, 0.5) is 5.82 Å². The molecule has 0 radical (unpaired) electrons. The fourth-order valence-electron chi connectivity index (χ4n) is 1.78. The van der Waals surface area contributed by atoms with E-state index in [1.807, 2.05) is 19.1 Å². The molecule has 1 aromatic rings. The normalized spacial score (nSPS) is 18.3. The van der Waals surface area contributed by atoms with Crippen LogP contribution in [0.5, 0.6) is 0 Å². The van der Waals surface area contributed by atoms with E-state index >= 15 is 0 Å². The van der Waals surface area contributed by atoms with E-state index in [0.717, 1.165) is 28.8 Å². The van der Waals surface area contributed by atoms with Crippen molar-refractivity contribution in [1.29, 1.82) is 0 Å². The van der Waals surface area contributed by atoms with Crippen LogP contribution in [0, 0.1) is 6.92 Å². The quantitative estimate of drug-likeness (QED) is 0.858. The van der Waals surface area contributed by atoms with Crippen molar-refractivity contribution in [1.82, 2.24) is 4.98 Å². The molecule has 0 aliphatic heterocycles. The number of nitrogens with one attached hydrogen (secondary N) is 1. The summed E-state index contributed by atoms with van der Waals surface area (Å²) in [6.45, 7) is 1.99. The number of alkyl halides is 1. The third kappa shape index (κ3) is 2.28. The number of pyridine rings is 1. The lowest BCUT2D eigenvalue weighted by Crippen LogP contribution is -2.47. The average Bonchev–Trinajstić information content (AvgIpc) is 2.17. The van der Waals surface area contributed by atoms with E-state index in [4.69, 9.17) is 11.6 Å². The van der Waals surface area contributed by atoms with Crippen molar-refractivity contribution in [3.05, 3.63) is 22.3 Å². The third-order valence-electron chi connectivity index (χ3n) is 2.98. The standard InChI is InChI=1S/C11H14BrClN2/c1-8-9(12)3-4-10(14-8)15-11(7-13)5-2-6-11/h3-4H,2,5-7H2,1H3,(H,14,15). The van der Waals surface area contributed by atoms with Crippen molar-refractivity contribution in [2.24, 2.45) is 0 Å². The molecule has 1 N–H and O–H groups in total. The molecule has 0 bridgehead atoms. The number of rotatable bonds is 3. The first-order valence-electron chi connectivity index (χ1n) is 5.12. The van der Waals surface area contributed by atoms with Gasteiger partial charge < -0.3 is 5.32 Å². The number of halogens is 2. The second kappa shape index (κ2) is 4.30. The van der Waals surface area contributed by atoms with Crippen molar-refractivity contribution in [2.45, 2.75) is 31.7 Å². The summed E-state index contributed by atoms with van der Waals surface area (Å²) in [5.74, 6) is 1.58. The molecule has 0 amide bonds. The average molecular weight is 290 g/mol. The Morgan fingerprint density at radius 3 is 2.73 bits per heavy atom. The predicted molar refractivity (Wildman–Crippen MR) is 67.6 cm³/mol. The van der Waals surface area contributed by atoms with Gasteiger partial charge in [-0.15, -0.1) is 11.6 Å². The van der Waals surface area contributed by atoms with E-state index in [1.165, 1.54) is 6.42 Å². The highest BCUT2D eigenvalue weighted by atomic mass is 79.9. The molecule has 1 fully saturated rings. The number of hydrogen-bond acceptors (Lipinski definition) is 2. The highest BCUT2D eigenvalue weighted by molar-refractivity contribution is 9.10. The van der Waals surface area contributed by atoms with Crippen LogP contribution in [-0.2, 0) is 0 Å². The van der Waals surface area contributed by atoms with Gasteiger partial charge in [0, 0.05) is 10.4 Å². The van der Waals surface area contributed by atoms with Gasteiger partial charge in [-0.3, -0.25) is 0 Å². The molecule has 1 saturated carbocycles. The van der Waals surface area contributed by atoms with Crippen molar-refractivity contribution in [2.75, 3.05) is 11.2 Å². The van der Waals surface area contributed by atoms with Crippen molar-refractivity contribution >= 4 is 33.3 Å². The minimum absolute atomic E-state index is 0.0921. The summed E-state index contributed by atoms with van der Waals surface area (Å²) in [6.07, 6.45) is 3.55. The van der Waals surface area contributed by atoms with Crippen LogP contribution in [0.15, 0.2) is 16.6 Å². The number of nitrogens with zero attached hydrogens (tertiary/aromatic N) is 1. The number of aryl methyl sites for hydroxylation is 1. The molecule has 0 atom stereocenters. The molecule has 0 unspecified atom stereocenters. The largest absolute Gasteiger partial charge is 0.363 e. The summed E-state index contributed by atoms with van der Waals surface area (Å²) in [4.78, 5) is 4.47. The Balaban J connectivity index is 2.13. The molecule has 1 aliphatic rings. The van der Waals surface area contributed by atoms with Gasteiger partial charge in [0.15, 0.2) is 0 Å². The minimum atomic E-state index is 0.0921. The van der Waals surface area contributed by atoms with E-state index < -0.39 is 0 Å². The Bertz CT molecular complexity index is 358. The highest BCUT2D eigenvalue weighted by Crippen LogP contribution is 2.36. The van der Waals surface area contributed by atoms with Crippen molar-refractivity contribution in [3.63, 3.8) is 0 Å². The van der Waals surface area contributed by atoms with Gasteiger partial charge in [0.1, 0.15) is 5.82 Å². The summed E-state index contributed by atoms with van der Waals surface area (Å²) in [5, 5.41) is 3.45. The van der Waals surface area contributed by atoms with E-state index in [1.54, 1.807) is 0 Å². The molecule has 2 nitrogen and oxygen atoms in total. The van der Waals surface area contributed by atoms with Gasteiger partial charge in [-0.2, -0.15) is 0 Å². The summed E-state index contributed by atoms with van der Waals surface area (Å²) in [5.41, 5.74) is 1.10. The molecule has 15 heavy (non-hydrogen) atoms. The Hall–Kier alpha value is -0.280. The van der Waals surface area contributed by atoms with Crippen LogP contribution in [-0.4, -0.2) is 16.4 Å². The van der Waals surface area contributed by atoms with Gasteiger partial charge in [-0.1, -0.05) is 0 Å². The van der Waals surface area contributed by atoms with E-state index in [2.05, 4.69) is 26.2 Å². The first-order chi connectivity index (χ1) is 7.15. The highest BCUT2D eigenvalue weighted by Gasteiger charge is 2.36. The fourth-order valence-corrected chi connectivity index (χ4v) is 2.34. The summed E-state index contributed by atoms with van der Waals surface area (Å²) in [6, 6.07) is 4.01. The molecule has 82 valence electrons. The Labute approximate surface area is 104 Å². The second-order valence-corrected chi connectivity index (χ2v) is 5.28. The maximum atomic E-state index is 5.98. The van der Waals surface area contributed by atoms with E-state index in [9.17, 15) is 0 Å². The van der Waals surface area contributed by atoms with Crippen LogP contribution in [0.1, 0.15) is 25.0 Å². The first kappa shape index (κ1) is 11.2. The second-order valence-electron chi connectivity index (χ2n) is 4.16. The molecule has 2 rings (SSSR count). The Morgan fingerprint density at radius 1 is 1.53 bits per heavy atom. The van der Waals surface area contributed by atoms with Crippen molar-refractivity contribution < 1.29 is 0 Å². The van der Waals surface area contributed by atoms with E-state index in [0.29, 0.717) is 5.88 Å². The number of anilines is 1. The van der Waals surface area contributed by atoms with Gasteiger partial charge in [0.25, 0.3) is 0 Å². The molecule has 0 saturated heterocycles. The van der Waals surface area contributed by atoms with Crippen LogP contribution in [0.2, 0.25) is 0 Å². The van der Waals surface area contributed by atoms with Gasteiger partial charge in [-0.25, -0.2) is 4.98 Å². The molecular weight excluding hydrogens is 275 g/mol. The molecule has 1 aromatic heterocycles. The third-order valence-corrected chi connectivity index (χ3v) is 4.33. The molecule has 0 spiro atoms. The Morgan fingerprint density at radius 2 is 2.27 bits per heavy atom. The molecule has 4 heteroatoms.